The molecule has 0 aliphatic carbocycles. The molecular formula is C16H24N2O5Si. The Bertz CT molecular complexity index is 654. The van der Waals surface area contributed by atoms with E-state index in [0.717, 1.165) is 0 Å². The first-order chi connectivity index (χ1) is 11.0. The van der Waals surface area contributed by atoms with Gasteiger partial charge in [0, 0.05) is 18.7 Å². The quantitative estimate of drug-likeness (QED) is 0.461. The first-order valence-corrected chi connectivity index (χ1v) is 10.8. The summed E-state index contributed by atoms with van der Waals surface area (Å²) in [4.78, 5) is 24.2. The number of rotatable bonds is 5. The third kappa shape index (κ3) is 3.76. The summed E-state index contributed by atoms with van der Waals surface area (Å²) < 4.78 is 11.5. The molecule has 1 aliphatic rings. The van der Waals surface area contributed by atoms with Gasteiger partial charge in [-0.05, 0) is 24.2 Å². The Morgan fingerprint density at radius 1 is 1.38 bits per heavy atom. The molecule has 0 aromatic heterocycles. The van der Waals surface area contributed by atoms with Crippen molar-refractivity contribution in [3.05, 3.63) is 28.3 Å². The molecule has 0 fully saturated rings. The molecule has 8 heteroatoms. The van der Waals surface area contributed by atoms with E-state index < -0.39 is 13.2 Å². The Balaban J connectivity index is 2.15. The summed E-state index contributed by atoms with van der Waals surface area (Å²) in [6.45, 7) is 11.4. The largest absolute Gasteiger partial charge is 0.482 e. The van der Waals surface area contributed by atoms with Crippen LogP contribution in [-0.4, -0.2) is 38.9 Å². The van der Waals surface area contributed by atoms with Crippen LogP contribution in [0.4, 0.5) is 11.4 Å². The highest BCUT2D eigenvalue weighted by Crippen LogP contribution is 2.37. The summed E-state index contributed by atoms with van der Waals surface area (Å²) in [5.41, 5.74) is 0.363. The fourth-order valence-electron chi connectivity index (χ4n) is 2.16. The second kappa shape index (κ2) is 6.52. The van der Waals surface area contributed by atoms with E-state index in [0.29, 0.717) is 24.6 Å². The summed E-state index contributed by atoms with van der Waals surface area (Å²) in [5.74, 6) is 0.259. The number of amides is 1. The molecule has 0 N–H and O–H groups in total. The van der Waals surface area contributed by atoms with Crippen LogP contribution in [-0.2, 0) is 9.22 Å². The molecule has 1 heterocycles. The van der Waals surface area contributed by atoms with Gasteiger partial charge in [0.25, 0.3) is 11.6 Å². The van der Waals surface area contributed by atoms with E-state index in [4.69, 9.17) is 9.16 Å². The van der Waals surface area contributed by atoms with E-state index in [2.05, 4.69) is 33.9 Å². The van der Waals surface area contributed by atoms with Crippen molar-refractivity contribution in [2.24, 2.45) is 0 Å². The second-order valence-corrected chi connectivity index (χ2v) is 12.2. The van der Waals surface area contributed by atoms with Crippen LogP contribution >= 0.6 is 0 Å². The van der Waals surface area contributed by atoms with Gasteiger partial charge in [0.1, 0.15) is 5.75 Å². The molecule has 132 valence electrons. The molecule has 1 aromatic carbocycles. The van der Waals surface area contributed by atoms with Crippen molar-refractivity contribution in [3.63, 3.8) is 0 Å². The van der Waals surface area contributed by atoms with Crippen molar-refractivity contribution < 1.29 is 18.9 Å². The number of hydrogen-bond acceptors (Lipinski definition) is 5. The van der Waals surface area contributed by atoms with E-state index in [-0.39, 0.29) is 23.2 Å². The number of carbonyl (C=O) groups is 1. The van der Waals surface area contributed by atoms with Crippen LogP contribution in [0.2, 0.25) is 18.1 Å². The Hall–Kier alpha value is -1.93. The average Bonchev–Trinajstić information content (AvgIpc) is 2.47. The number of fused-ring (bicyclic) bond motifs is 1. The van der Waals surface area contributed by atoms with Crippen molar-refractivity contribution in [3.8, 4) is 5.75 Å². The first kappa shape index (κ1) is 18.4. The molecule has 1 amide bonds. The van der Waals surface area contributed by atoms with Crippen molar-refractivity contribution in [2.75, 3.05) is 24.7 Å². The minimum atomic E-state index is -1.91. The maximum atomic E-state index is 12.2. The van der Waals surface area contributed by atoms with Crippen LogP contribution in [0.3, 0.4) is 0 Å². The summed E-state index contributed by atoms with van der Waals surface area (Å²) in [7, 11) is -1.91. The second-order valence-electron chi connectivity index (χ2n) is 7.35. The molecule has 0 spiro atoms. The monoisotopic (exact) mass is 352 g/mol. The summed E-state index contributed by atoms with van der Waals surface area (Å²) in [6.07, 6.45) is 0. The molecule has 7 nitrogen and oxygen atoms in total. The third-order valence-corrected chi connectivity index (χ3v) is 9.22. The minimum absolute atomic E-state index is 0.0646. The number of ether oxygens (including phenoxy) is 1. The van der Waals surface area contributed by atoms with Gasteiger partial charge >= 0.3 is 0 Å². The van der Waals surface area contributed by atoms with Crippen molar-refractivity contribution in [1.29, 1.82) is 0 Å². The zero-order valence-corrected chi connectivity index (χ0v) is 15.8. The Morgan fingerprint density at radius 2 is 2.04 bits per heavy atom. The number of nitro benzene ring substituents is 1. The van der Waals surface area contributed by atoms with E-state index in [9.17, 15) is 14.9 Å². The maximum Gasteiger partial charge on any atom is 0.271 e. The van der Waals surface area contributed by atoms with Gasteiger partial charge in [-0.3, -0.25) is 14.9 Å². The highest BCUT2D eigenvalue weighted by atomic mass is 28.4. The smallest absolute Gasteiger partial charge is 0.271 e. The lowest BCUT2D eigenvalue weighted by Crippen LogP contribution is -2.45. The molecule has 0 saturated carbocycles. The summed E-state index contributed by atoms with van der Waals surface area (Å²) in [5, 5.41) is 11.1. The zero-order valence-electron chi connectivity index (χ0n) is 14.8. The Labute approximate surface area is 142 Å². The lowest BCUT2D eigenvalue weighted by Gasteiger charge is -2.37. The average molecular weight is 352 g/mol. The van der Waals surface area contributed by atoms with Gasteiger partial charge in [0.15, 0.2) is 14.9 Å². The number of nitro groups is 1. The SMILES string of the molecule is CC(C)(C)[Si](C)(C)OCCN1C(=O)COc2ccc([N+](=O)[O-])cc21. The third-order valence-electron chi connectivity index (χ3n) is 4.68. The number of non-ortho nitro benzene ring substituents is 1. The fourth-order valence-corrected chi connectivity index (χ4v) is 3.19. The molecule has 0 unspecified atom stereocenters. The highest BCUT2D eigenvalue weighted by molar-refractivity contribution is 6.74. The molecular weight excluding hydrogens is 328 g/mol. The molecule has 0 radical (unpaired) electrons. The van der Waals surface area contributed by atoms with Gasteiger partial charge in [-0.15, -0.1) is 0 Å². The summed E-state index contributed by atoms with van der Waals surface area (Å²) in [6, 6.07) is 4.28. The number of carbonyl (C=O) groups excluding carboxylic acids is 1. The normalized spacial score (nSPS) is 15.0. The van der Waals surface area contributed by atoms with Gasteiger partial charge in [-0.25, -0.2) is 0 Å². The standard InChI is InChI=1S/C16H24N2O5Si/c1-16(2,3)24(4,5)23-9-8-17-13-10-12(18(20)21)6-7-14(13)22-11-15(17)19/h6-7,10H,8-9,11H2,1-5H3. The number of hydrogen-bond donors (Lipinski definition) is 0. The van der Waals surface area contributed by atoms with Crippen molar-refractivity contribution in [2.45, 2.75) is 38.9 Å². The van der Waals surface area contributed by atoms with Crippen LogP contribution in [0.25, 0.3) is 0 Å². The number of benzene rings is 1. The Kier molecular flexibility index (Phi) is 5.00. The van der Waals surface area contributed by atoms with Crippen LogP contribution in [0.15, 0.2) is 18.2 Å². The topological polar surface area (TPSA) is 81.9 Å². The lowest BCUT2D eigenvalue weighted by molar-refractivity contribution is -0.384. The molecule has 1 aliphatic heterocycles. The highest BCUT2D eigenvalue weighted by Gasteiger charge is 2.37. The molecule has 2 rings (SSSR count). The Morgan fingerprint density at radius 3 is 2.62 bits per heavy atom. The van der Waals surface area contributed by atoms with Crippen LogP contribution in [0.1, 0.15) is 20.8 Å². The van der Waals surface area contributed by atoms with E-state index >= 15 is 0 Å². The molecule has 0 atom stereocenters. The summed E-state index contributed by atoms with van der Waals surface area (Å²) >= 11 is 0. The minimum Gasteiger partial charge on any atom is -0.482 e. The van der Waals surface area contributed by atoms with Crippen molar-refractivity contribution >= 4 is 25.6 Å². The van der Waals surface area contributed by atoms with Gasteiger partial charge < -0.3 is 14.1 Å². The first-order valence-electron chi connectivity index (χ1n) is 7.88. The lowest BCUT2D eigenvalue weighted by atomic mass is 10.2. The fraction of sp³-hybridized carbons (Fsp3) is 0.562. The van der Waals surface area contributed by atoms with E-state index in [1.54, 1.807) is 0 Å². The van der Waals surface area contributed by atoms with Gasteiger partial charge in [-0.2, -0.15) is 0 Å². The maximum absolute atomic E-state index is 12.2. The van der Waals surface area contributed by atoms with Crippen molar-refractivity contribution in [1.82, 2.24) is 0 Å². The van der Waals surface area contributed by atoms with Crippen LogP contribution in [0.5, 0.6) is 5.75 Å². The predicted octanol–water partition coefficient (Wildman–Crippen LogP) is 3.34. The molecule has 0 bridgehead atoms. The van der Waals surface area contributed by atoms with Gasteiger partial charge in [0.2, 0.25) is 0 Å². The molecule has 0 saturated heterocycles. The van der Waals surface area contributed by atoms with Gasteiger partial charge in [0.05, 0.1) is 17.2 Å². The number of nitrogens with zero attached hydrogens (tertiary/aromatic N) is 2. The number of anilines is 1. The molecule has 24 heavy (non-hydrogen) atoms. The predicted molar refractivity (Wildman–Crippen MR) is 94.1 cm³/mol. The van der Waals surface area contributed by atoms with Crippen LogP contribution in [0, 0.1) is 10.1 Å². The molecule has 1 aromatic rings. The van der Waals surface area contributed by atoms with Gasteiger partial charge in [-0.1, -0.05) is 20.8 Å². The zero-order chi connectivity index (χ0) is 18.1. The van der Waals surface area contributed by atoms with Crippen LogP contribution < -0.4 is 9.64 Å². The van der Waals surface area contributed by atoms with E-state index in [1.807, 2.05) is 0 Å². The van der Waals surface area contributed by atoms with E-state index in [1.165, 1.54) is 23.1 Å².